The largest absolute Gasteiger partial charge is 0.484 e. The Hall–Kier alpha value is -2.60. The number of aryl methyl sites for hydroxylation is 3. The molecule has 2 aromatic carbocycles. The van der Waals surface area contributed by atoms with E-state index < -0.39 is 0 Å². The second-order valence-electron chi connectivity index (χ2n) is 7.63. The lowest BCUT2D eigenvalue weighted by atomic mass is 10.1. The first-order valence-electron chi connectivity index (χ1n) is 10.1. The van der Waals surface area contributed by atoms with Crippen LogP contribution in [0.2, 0.25) is 0 Å². The molecule has 152 valence electrons. The van der Waals surface area contributed by atoms with Gasteiger partial charge in [0.25, 0.3) is 5.91 Å². The number of aromatic nitrogens is 1. The van der Waals surface area contributed by atoms with Crippen molar-refractivity contribution in [1.82, 2.24) is 9.88 Å². The summed E-state index contributed by atoms with van der Waals surface area (Å²) >= 11 is 1.74. The highest BCUT2D eigenvalue weighted by Gasteiger charge is 2.23. The molecule has 2 heterocycles. The molecule has 4 rings (SSSR count). The number of thiazole rings is 1. The molecular formula is C23H27N3O2S. The Labute approximate surface area is 175 Å². The summed E-state index contributed by atoms with van der Waals surface area (Å²) in [6.07, 6.45) is 1.04. The molecule has 1 amide bonds. The topological polar surface area (TPSA) is 45.7 Å². The molecule has 0 aliphatic carbocycles. The molecule has 1 saturated heterocycles. The van der Waals surface area contributed by atoms with Crippen LogP contribution in [-0.2, 0) is 11.2 Å². The molecule has 0 N–H and O–H groups in total. The Balaban J connectivity index is 1.33. The lowest BCUT2D eigenvalue weighted by Gasteiger charge is -2.34. The minimum absolute atomic E-state index is 0.0423. The Morgan fingerprint density at radius 3 is 2.48 bits per heavy atom. The number of hydrogen-bond donors (Lipinski definition) is 0. The number of rotatable bonds is 5. The molecule has 1 aliphatic rings. The maximum absolute atomic E-state index is 12.6. The first kappa shape index (κ1) is 19.7. The van der Waals surface area contributed by atoms with Gasteiger partial charge in [0.15, 0.2) is 11.7 Å². The third kappa shape index (κ3) is 4.53. The first-order valence-corrected chi connectivity index (χ1v) is 11.0. The minimum atomic E-state index is 0.0423. The lowest BCUT2D eigenvalue weighted by molar-refractivity contribution is -0.133. The third-order valence-electron chi connectivity index (χ3n) is 5.31. The average Bonchev–Trinajstić information content (AvgIpc) is 3.14. The second kappa shape index (κ2) is 8.41. The van der Waals surface area contributed by atoms with Gasteiger partial charge in [-0.25, -0.2) is 4.98 Å². The summed E-state index contributed by atoms with van der Waals surface area (Å²) in [6.45, 7) is 9.33. The SMILES string of the molecule is CCc1ccc2nc(N3CCN(C(=O)COc4cc(C)cc(C)c4)CC3)sc2c1. The normalized spacial score (nSPS) is 14.4. The molecular weight excluding hydrogens is 382 g/mol. The molecule has 0 atom stereocenters. The van der Waals surface area contributed by atoms with E-state index in [0.29, 0.717) is 13.1 Å². The third-order valence-corrected chi connectivity index (χ3v) is 6.39. The van der Waals surface area contributed by atoms with Crippen LogP contribution in [0.5, 0.6) is 5.75 Å². The van der Waals surface area contributed by atoms with Crippen molar-refractivity contribution in [1.29, 1.82) is 0 Å². The first-order chi connectivity index (χ1) is 14.0. The Bertz CT molecular complexity index is 1000. The van der Waals surface area contributed by atoms with Crippen LogP contribution in [0.3, 0.4) is 0 Å². The smallest absolute Gasteiger partial charge is 0.260 e. The number of ether oxygens (including phenoxy) is 1. The van der Waals surface area contributed by atoms with Crippen molar-refractivity contribution < 1.29 is 9.53 Å². The van der Waals surface area contributed by atoms with Crippen molar-refractivity contribution in [2.45, 2.75) is 27.2 Å². The molecule has 1 aromatic heterocycles. The number of anilines is 1. The number of nitrogens with zero attached hydrogens (tertiary/aromatic N) is 3. The predicted molar refractivity (Wildman–Crippen MR) is 119 cm³/mol. The maximum atomic E-state index is 12.6. The summed E-state index contributed by atoms with van der Waals surface area (Å²) in [7, 11) is 0. The zero-order chi connectivity index (χ0) is 20.4. The molecule has 6 heteroatoms. The van der Waals surface area contributed by atoms with Crippen LogP contribution in [-0.4, -0.2) is 48.6 Å². The van der Waals surface area contributed by atoms with E-state index in [1.165, 1.54) is 10.3 Å². The van der Waals surface area contributed by atoms with E-state index in [-0.39, 0.29) is 12.5 Å². The number of piperazine rings is 1. The van der Waals surface area contributed by atoms with E-state index in [9.17, 15) is 4.79 Å². The molecule has 1 aliphatic heterocycles. The van der Waals surface area contributed by atoms with Gasteiger partial charge in [-0.2, -0.15) is 0 Å². The molecule has 3 aromatic rings. The fourth-order valence-corrected chi connectivity index (χ4v) is 4.79. The van der Waals surface area contributed by atoms with E-state index in [2.05, 4.69) is 36.1 Å². The lowest BCUT2D eigenvalue weighted by Crippen LogP contribution is -2.50. The summed E-state index contributed by atoms with van der Waals surface area (Å²) in [6, 6.07) is 12.5. The second-order valence-corrected chi connectivity index (χ2v) is 8.64. The number of hydrogen-bond acceptors (Lipinski definition) is 5. The van der Waals surface area contributed by atoms with E-state index in [0.717, 1.165) is 47.0 Å². The van der Waals surface area contributed by atoms with Gasteiger partial charge < -0.3 is 14.5 Å². The van der Waals surface area contributed by atoms with Gasteiger partial charge in [-0.3, -0.25) is 4.79 Å². The number of fused-ring (bicyclic) bond motifs is 1. The number of benzene rings is 2. The van der Waals surface area contributed by atoms with Gasteiger partial charge in [0.2, 0.25) is 0 Å². The highest BCUT2D eigenvalue weighted by molar-refractivity contribution is 7.22. The summed E-state index contributed by atoms with van der Waals surface area (Å²) in [5.74, 6) is 0.802. The van der Waals surface area contributed by atoms with Crippen molar-refractivity contribution in [2.75, 3.05) is 37.7 Å². The standard InChI is InChI=1S/C23H27N3O2S/c1-4-18-5-6-20-21(14-18)29-23(24-20)26-9-7-25(8-10-26)22(27)15-28-19-12-16(2)11-17(3)13-19/h5-6,11-14H,4,7-10,15H2,1-3H3. The van der Waals surface area contributed by atoms with Gasteiger partial charge in [0.05, 0.1) is 10.2 Å². The maximum Gasteiger partial charge on any atom is 0.260 e. The molecule has 0 spiro atoms. The fourth-order valence-electron chi connectivity index (χ4n) is 3.71. The molecule has 0 radical (unpaired) electrons. The van der Waals surface area contributed by atoms with Crippen LogP contribution in [0.15, 0.2) is 36.4 Å². The Morgan fingerprint density at radius 1 is 1.07 bits per heavy atom. The van der Waals surface area contributed by atoms with Crippen LogP contribution in [0.25, 0.3) is 10.2 Å². The monoisotopic (exact) mass is 409 g/mol. The Kier molecular flexibility index (Phi) is 5.72. The van der Waals surface area contributed by atoms with Crippen molar-refractivity contribution >= 4 is 32.6 Å². The molecule has 0 saturated carbocycles. The van der Waals surface area contributed by atoms with E-state index in [1.807, 2.05) is 30.9 Å². The zero-order valence-corrected chi connectivity index (χ0v) is 18.1. The number of carbonyl (C=O) groups excluding carboxylic acids is 1. The van der Waals surface area contributed by atoms with Gasteiger partial charge in [0, 0.05) is 26.2 Å². The van der Waals surface area contributed by atoms with Crippen LogP contribution >= 0.6 is 11.3 Å². The molecule has 0 unspecified atom stereocenters. The van der Waals surface area contributed by atoms with Crippen molar-refractivity contribution in [3.8, 4) is 5.75 Å². The highest BCUT2D eigenvalue weighted by Crippen LogP contribution is 2.30. The van der Waals surface area contributed by atoms with Gasteiger partial charge in [0.1, 0.15) is 5.75 Å². The van der Waals surface area contributed by atoms with Crippen LogP contribution < -0.4 is 9.64 Å². The van der Waals surface area contributed by atoms with Crippen molar-refractivity contribution in [2.24, 2.45) is 0 Å². The van der Waals surface area contributed by atoms with Crippen molar-refractivity contribution in [3.05, 3.63) is 53.1 Å². The van der Waals surface area contributed by atoms with Crippen LogP contribution in [0, 0.1) is 13.8 Å². The minimum Gasteiger partial charge on any atom is -0.484 e. The summed E-state index contributed by atoms with van der Waals surface area (Å²) in [4.78, 5) is 21.5. The van der Waals surface area contributed by atoms with Crippen molar-refractivity contribution in [3.63, 3.8) is 0 Å². The van der Waals surface area contributed by atoms with Crippen LogP contribution in [0.1, 0.15) is 23.6 Å². The van der Waals surface area contributed by atoms with E-state index in [4.69, 9.17) is 9.72 Å². The highest BCUT2D eigenvalue weighted by atomic mass is 32.1. The van der Waals surface area contributed by atoms with Crippen LogP contribution in [0.4, 0.5) is 5.13 Å². The van der Waals surface area contributed by atoms with Gasteiger partial charge in [-0.15, -0.1) is 0 Å². The molecule has 1 fully saturated rings. The number of amides is 1. The van der Waals surface area contributed by atoms with Gasteiger partial charge in [-0.05, 0) is 61.2 Å². The fraction of sp³-hybridized carbons (Fsp3) is 0.391. The predicted octanol–water partition coefficient (Wildman–Crippen LogP) is 4.20. The number of carbonyl (C=O) groups is 1. The van der Waals surface area contributed by atoms with E-state index in [1.54, 1.807) is 11.3 Å². The van der Waals surface area contributed by atoms with E-state index >= 15 is 0 Å². The van der Waals surface area contributed by atoms with Gasteiger partial charge in [-0.1, -0.05) is 30.4 Å². The quantitative estimate of drug-likeness (QED) is 0.633. The average molecular weight is 410 g/mol. The molecule has 5 nitrogen and oxygen atoms in total. The Morgan fingerprint density at radius 2 is 1.79 bits per heavy atom. The summed E-state index contributed by atoms with van der Waals surface area (Å²) in [5.41, 5.74) is 4.68. The van der Waals surface area contributed by atoms with Gasteiger partial charge >= 0.3 is 0 Å². The summed E-state index contributed by atoms with van der Waals surface area (Å²) < 4.78 is 6.98. The molecule has 29 heavy (non-hydrogen) atoms. The molecule has 0 bridgehead atoms. The summed E-state index contributed by atoms with van der Waals surface area (Å²) in [5, 5.41) is 1.05. The zero-order valence-electron chi connectivity index (χ0n) is 17.3.